The number of halogens is 3. The van der Waals surface area contributed by atoms with Crippen LogP contribution in [0.5, 0.6) is 0 Å². The fourth-order valence-corrected chi connectivity index (χ4v) is 2.35. The lowest BCUT2D eigenvalue weighted by Crippen LogP contribution is -2.46. The Bertz CT molecular complexity index is 486. The van der Waals surface area contributed by atoms with Crippen LogP contribution in [-0.4, -0.2) is 28.4 Å². The quantitative estimate of drug-likeness (QED) is 0.832. The first-order valence-electron chi connectivity index (χ1n) is 5.75. The van der Waals surface area contributed by atoms with Gasteiger partial charge in [-0.15, -0.1) is 0 Å². The van der Waals surface area contributed by atoms with Gasteiger partial charge in [-0.25, -0.2) is 0 Å². The number of ether oxygens (including phenoxy) is 1. The molecule has 2 unspecified atom stereocenters. The third kappa shape index (κ3) is 2.58. The number of aromatic nitrogens is 2. The maximum atomic E-state index is 12.5. The van der Waals surface area contributed by atoms with Crippen molar-refractivity contribution >= 4 is 5.97 Å². The normalized spacial score (nSPS) is 27.5. The Morgan fingerprint density at radius 1 is 1.63 bits per heavy atom. The van der Waals surface area contributed by atoms with Gasteiger partial charge in [-0.2, -0.15) is 18.3 Å². The minimum Gasteiger partial charge on any atom is -0.468 e. The van der Waals surface area contributed by atoms with Crippen LogP contribution in [0.15, 0.2) is 12.4 Å². The molecule has 2 rings (SSSR count). The number of alkyl halides is 3. The minimum atomic E-state index is -4.42. The molecule has 1 aliphatic rings. The monoisotopic (exact) mass is 277 g/mol. The molecule has 0 amide bonds. The summed E-state index contributed by atoms with van der Waals surface area (Å²) in [4.78, 5) is 11.5. The van der Waals surface area contributed by atoms with E-state index in [1.54, 1.807) is 0 Å². The van der Waals surface area contributed by atoms with Crippen LogP contribution in [0.3, 0.4) is 0 Å². The molecule has 106 valence electrons. The van der Waals surface area contributed by atoms with E-state index in [2.05, 4.69) is 9.84 Å². The number of hydrogen-bond donors (Lipinski definition) is 1. The Morgan fingerprint density at radius 3 is 2.84 bits per heavy atom. The molecular weight excluding hydrogens is 263 g/mol. The molecule has 0 bridgehead atoms. The molecule has 1 aromatic rings. The zero-order chi connectivity index (χ0) is 14.3. The van der Waals surface area contributed by atoms with Crippen molar-refractivity contribution in [2.45, 2.75) is 37.0 Å². The van der Waals surface area contributed by atoms with E-state index in [1.165, 1.54) is 11.8 Å². The highest BCUT2D eigenvalue weighted by Gasteiger charge is 2.44. The van der Waals surface area contributed by atoms with Crippen molar-refractivity contribution < 1.29 is 22.7 Å². The molecule has 0 saturated heterocycles. The molecule has 2 atom stereocenters. The number of esters is 1. The Labute approximate surface area is 107 Å². The van der Waals surface area contributed by atoms with Crippen molar-refractivity contribution in [1.82, 2.24) is 9.78 Å². The Hall–Kier alpha value is -1.57. The van der Waals surface area contributed by atoms with Gasteiger partial charge in [-0.05, 0) is 19.3 Å². The number of carbonyl (C=O) groups excluding carboxylic acids is 1. The molecule has 1 heterocycles. The summed E-state index contributed by atoms with van der Waals surface area (Å²) in [6.07, 6.45) is -1.63. The highest BCUT2D eigenvalue weighted by atomic mass is 19.4. The molecule has 19 heavy (non-hydrogen) atoms. The Morgan fingerprint density at radius 2 is 2.32 bits per heavy atom. The summed E-state index contributed by atoms with van der Waals surface area (Å²) in [6.45, 7) is 0. The lowest BCUT2D eigenvalue weighted by molar-refractivity contribution is -0.147. The van der Waals surface area contributed by atoms with E-state index in [-0.39, 0.29) is 12.5 Å². The van der Waals surface area contributed by atoms with Crippen molar-refractivity contribution in [3.05, 3.63) is 18.0 Å². The van der Waals surface area contributed by atoms with Crippen LogP contribution in [0.25, 0.3) is 0 Å². The highest BCUT2D eigenvalue weighted by molar-refractivity contribution is 5.80. The number of hydrogen-bond acceptors (Lipinski definition) is 4. The van der Waals surface area contributed by atoms with Gasteiger partial charge in [0.1, 0.15) is 5.54 Å². The van der Waals surface area contributed by atoms with Gasteiger partial charge in [-0.3, -0.25) is 9.48 Å². The molecule has 1 fully saturated rings. The third-order valence-electron chi connectivity index (χ3n) is 3.42. The highest BCUT2D eigenvalue weighted by Crippen LogP contribution is 2.37. The first-order chi connectivity index (χ1) is 8.76. The molecule has 0 aromatic carbocycles. The van der Waals surface area contributed by atoms with Gasteiger partial charge >= 0.3 is 12.1 Å². The maximum absolute atomic E-state index is 12.5. The summed E-state index contributed by atoms with van der Waals surface area (Å²) < 4.78 is 43.2. The van der Waals surface area contributed by atoms with Crippen LogP contribution < -0.4 is 5.73 Å². The van der Waals surface area contributed by atoms with E-state index < -0.39 is 23.2 Å². The second-order valence-electron chi connectivity index (χ2n) is 4.75. The van der Waals surface area contributed by atoms with Gasteiger partial charge in [0.15, 0.2) is 0 Å². The molecule has 0 radical (unpaired) electrons. The first kappa shape index (κ1) is 13.9. The first-order valence-corrected chi connectivity index (χ1v) is 5.75. The number of carbonyl (C=O) groups is 1. The summed E-state index contributed by atoms with van der Waals surface area (Å²) in [6, 6.07) is -0.319. The molecule has 0 aliphatic heterocycles. The van der Waals surface area contributed by atoms with Crippen LogP contribution in [0.4, 0.5) is 13.2 Å². The topological polar surface area (TPSA) is 70.1 Å². The summed E-state index contributed by atoms with van der Waals surface area (Å²) in [5.41, 5.74) is 3.95. The van der Waals surface area contributed by atoms with E-state index in [9.17, 15) is 18.0 Å². The average molecular weight is 277 g/mol. The molecule has 2 N–H and O–H groups in total. The molecule has 0 spiro atoms. The second kappa shape index (κ2) is 4.52. The van der Waals surface area contributed by atoms with Crippen LogP contribution in [-0.2, 0) is 15.7 Å². The standard InChI is InChI=1S/C11H14F3N3O2/c1-19-9(18)10(15)3-2-8(4-10)17-6-7(5-16-17)11(12,13)14/h5-6,8H,2-4,15H2,1H3. The van der Waals surface area contributed by atoms with Crippen LogP contribution in [0.2, 0.25) is 0 Å². The van der Waals surface area contributed by atoms with Gasteiger partial charge in [0.05, 0.1) is 24.9 Å². The Balaban J connectivity index is 2.13. The fraction of sp³-hybridized carbons (Fsp3) is 0.636. The third-order valence-corrected chi connectivity index (χ3v) is 3.42. The molecule has 1 aromatic heterocycles. The summed E-state index contributed by atoms with van der Waals surface area (Å²) in [7, 11) is 1.24. The van der Waals surface area contributed by atoms with Gasteiger partial charge in [0, 0.05) is 6.20 Å². The van der Waals surface area contributed by atoms with Crippen LogP contribution in [0, 0.1) is 0 Å². The lowest BCUT2D eigenvalue weighted by atomic mass is 9.99. The maximum Gasteiger partial charge on any atom is 0.419 e. The number of methoxy groups -OCH3 is 1. The van der Waals surface area contributed by atoms with Crippen LogP contribution >= 0.6 is 0 Å². The summed E-state index contributed by atoms with van der Waals surface area (Å²) in [5.74, 6) is -0.543. The predicted molar refractivity (Wildman–Crippen MR) is 59.1 cm³/mol. The van der Waals surface area contributed by atoms with E-state index >= 15 is 0 Å². The Kier molecular flexibility index (Phi) is 3.29. The molecule has 8 heteroatoms. The molecular formula is C11H14F3N3O2. The molecule has 1 saturated carbocycles. The van der Waals surface area contributed by atoms with E-state index in [4.69, 9.17) is 5.73 Å². The number of nitrogens with zero attached hydrogens (tertiary/aromatic N) is 2. The smallest absolute Gasteiger partial charge is 0.419 e. The van der Waals surface area contributed by atoms with Crippen molar-refractivity contribution in [2.75, 3.05) is 7.11 Å². The molecule has 1 aliphatic carbocycles. The molecule has 5 nitrogen and oxygen atoms in total. The van der Waals surface area contributed by atoms with Crippen molar-refractivity contribution in [3.8, 4) is 0 Å². The van der Waals surface area contributed by atoms with Gasteiger partial charge in [-0.1, -0.05) is 0 Å². The van der Waals surface area contributed by atoms with Gasteiger partial charge in [0.25, 0.3) is 0 Å². The van der Waals surface area contributed by atoms with E-state index in [0.717, 1.165) is 12.4 Å². The van der Waals surface area contributed by atoms with Crippen molar-refractivity contribution in [3.63, 3.8) is 0 Å². The average Bonchev–Trinajstić information content (AvgIpc) is 2.94. The fourth-order valence-electron chi connectivity index (χ4n) is 2.35. The second-order valence-corrected chi connectivity index (χ2v) is 4.75. The SMILES string of the molecule is COC(=O)C1(N)CCC(n2cc(C(F)(F)F)cn2)C1. The number of rotatable bonds is 2. The van der Waals surface area contributed by atoms with Crippen molar-refractivity contribution in [1.29, 1.82) is 0 Å². The zero-order valence-electron chi connectivity index (χ0n) is 10.3. The van der Waals surface area contributed by atoms with Gasteiger partial charge in [0.2, 0.25) is 0 Å². The predicted octanol–water partition coefficient (Wildman–Crippen LogP) is 1.50. The van der Waals surface area contributed by atoms with E-state index in [0.29, 0.717) is 12.8 Å². The van der Waals surface area contributed by atoms with Crippen LogP contribution in [0.1, 0.15) is 30.9 Å². The zero-order valence-corrected chi connectivity index (χ0v) is 10.3. The number of nitrogens with two attached hydrogens (primary N) is 1. The van der Waals surface area contributed by atoms with Gasteiger partial charge < -0.3 is 10.5 Å². The van der Waals surface area contributed by atoms with Crippen molar-refractivity contribution in [2.24, 2.45) is 5.73 Å². The summed E-state index contributed by atoms with van der Waals surface area (Å²) >= 11 is 0. The van der Waals surface area contributed by atoms with E-state index in [1.807, 2.05) is 0 Å². The minimum absolute atomic E-state index is 0.221. The lowest BCUT2D eigenvalue weighted by Gasteiger charge is -2.20. The summed E-state index contributed by atoms with van der Waals surface area (Å²) in [5, 5.41) is 3.70. The largest absolute Gasteiger partial charge is 0.468 e.